The van der Waals surface area contributed by atoms with Crippen LogP contribution in [0.3, 0.4) is 0 Å². The monoisotopic (exact) mass is 321 g/mol. The molecule has 0 heterocycles. The van der Waals surface area contributed by atoms with Crippen molar-refractivity contribution in [2.75, 3.05) is 0 Å². The largest absolute Gasteiger partial charge is 0.416 e. The van der Waals surface area contributed by atoms with Gasteiger partial charge in [-0.25, -0.2) is 0 Å². The van der Waals surface area contributed by atoms with E-state index in [1.165, 1.54) is 6.07 Å². The zero-order valence-corrected chi connectivity index (χ0v) is 12.3. The molecule has 6 heteroatoms. The molecule has 1 aliphatic rings. The molecule has 21 heavy (non-hydrogen) atoms. The van der Waals surface area contributed by atoms with E-state index in [0.29, 0.717) is 0 Å². The fourth-order valence-corrected chi connectivity index (χ4v) is 3.17. The van der Waals surface area contributed by atoms with Crippen LogP contribution in [0.15, 0.2) is 18.2 Å². The van der Waals surface area contributed by atoms with Crippen LogP contribution in [0, 0.1) is 5.92 Å². The Kier molecular flexibility index (Phi) is 5.17. The molecule has 1 aromatic carbocycles. The molecule has 0 bridgehead atoms. The van der Waals surface area contributed by atoms with Crippen LogP contribution in [0.5, 0.6) is 0 Å². The van der Waals surface area contributed by atoms with Crippen molar-refractivity contribution < 1.29 is 18.3 Å². The van der Waals surface area contributed by atoms with Crippen LogP contribution in [0.4, 0.5) is 13.2 Å². The molecule has 0 spiro atoms. The third-order valence-electron chi connectivity index (χ3n) is 4.18. The zero-order valence-electron chi connectivity index (χ0n) is 11.5. The van der Waals surface area contributed by atoms with Crippen molar-refractivity contribution in [2.45, 2.75) is 50.4 Å². The van der Waals surface area contributed by atoms with E-state index in [-0.39, 0.29) is 16.5 Å². The van der Waals surface area contributed by atoms with Crippen LogP contribution < -0.4 is 5.73 Å². The van der Waals surface area contributed by atoms with Gasteiger partial charge in [0.2, 0.25) is 0 Å². The Morgan fingerprint density at radius 1 is 1.19 bits per heavy atom. The summed E-state index contributed by atoms with van der Waals surface area (Å²) in [5.41, 5.74) is 5.34. The zero-order chi connectivity index (χ0) is 15.6. The molecule has 0 radical (unpaired) electrons. The summed E-state index contributed by atoms with van der Waals surface area (Å²) in [6.07, 6.45) is -0.448. The summed E-state index contributed by atoms with van der Waals surface area (Å²) < 4.78 is 38.3. The van der Waals surface area contributed by atoms with Crippen molar-refractivity contribution in [3.63, 3.8) is 0 Å². The normalized spacial score (nSPS) is 20.3. The maximum Gasteiger partial charge on any atom is 0.416 e. The number of benzene rings is 1. The van der Waals surface area contributed by atoms with Crippen molar-refractivity contribution in [2.24, 2.45) is 11.7 Å². The van der Waals surface area contributed by atoms with Crippen LogP contribution >= 0.6 is 11.6 Å². The maximum atomic E-state index is 12.8. The van der Waals surface area contributed by atoms with Gasteiger partial charge in [-0.3, -0.25) is 0 Å². The number of rotatable bonds is 3. The molecule has 1 saturated carbocycles. The highest BCUT2D eigenvalue weighted by Gasteiger charge is 2.33. The van der Waals surface area contributed by atoms with Crippen molar-refractivity contribution in [1.82, 2.24) is 0 Å². The van der Waals surface area contributed by atoms with E-state index in [1.807, 2.05) is 0 Å². The molecule has 0 saturated heterocycles. The maximum absolute atomic E-state index is 12.8. The highest BCUT2D eigenvalue weighted by Crippen LogP contribution is 2.37. The van der Waals surface area contributed by atoms with Crippen molar-refractivity contribution in [1.29, 1.82) is 0 Å². The molecule has 1 aromatic rings. The van der Waals surface area contributed by atoms with E-state index in [4.69, 9.17) is 17.3 Å². The van der Waals surface area contributed by atoms with E-state index in [9.17, 15) is 18.3 Å². The number of alkyl halides is 3. The van der Waals surface area contributed by atoms with Gasteiger partial charge < -0.3 is 10.8 Å². The summed E-state index contributed by atoms with van der Waals surface area (Å²) in [5.74, 6) is 0.0272. The average Bonchev–Trinajstić information content (AvgIpc) is 2.46. The molecule has 0 aromatic heterocycles. The fourth-order valence-electron chi connectivity index (χ4n) is 2.93. The van der Waals surface area contributed by atoms with Crippen LogP contribution in [-0.4, -0.2) is 11.2 Å². The highest BCUT2D eigenvalue weighted by atomic mass is 35.5. The van der Waals surface area contributed by atoms with Crippen molar-refractivity contribution in [3.8, 4) is 0 Å². The van der Waals surface area contributed by atoms with Crippen molar-refractivity contribution in [3.05, 3.63) is 34.3 Å². The first-order valence-electron chi connectivity index (χ1n) is 7.11. The lowest BCUT2D eigenvalue weighted by atomic mass is 9.81. The Morgan fingerprint density at radius 3 is 2.38 bits per heavy atom. The van der Waals surface area contributed by atoms with Crippen LogP contribution in [0.2, 0.25) is 5.02 Å². The molecule has 3 N–H and O–H groups in total. The first-order valence-corrected chi connectivity index (χ1v) is 7.49. The predicted molar refractivity (Wildman–Crippen MR) is 76.0 cm³/mol. The number of halogens is 4. The Labute approximate surface area is 127 Å². The van der Waals surface area contributed by atoms with E-state index < -0.39 is 23.9 Å². The van der Waals surface area contributed by atoms with Gasteiger partial charge in [0.25, 0.3) is 0 Å². The standard InChI is InChI=1S/C15H19ClF3NO/c16-12-7-6-10(15(17,18)19)8-11(12)13(20)14(21)9-4-2-1-3-5-9/h6-9,13-14,21H,1-5,20H2/t13-,14+/m0/s1. The van der Waals surface area contributed by atoms with Crippen LogP contribution in [-0.2, 0) is 6.18 Å². The fraction of sp³-hybridized carbons (Fsp3) is 0.600. The second kappa shape index (κ2) is 6.55. The Hall–Kier alpha value is -0.780. The van der Waals surface area contributed by atoms with E-state index in [2.05, 4.69) is 0 Å². The van der Waals surface area contributed by atoms with Crippen LogP contribution in [0.25, 0.3) is 0 Å². The summed E-state index contributed by atoms with van der Waals surface area (Å²) in [4.78, 5) is 0. The first kappa shape index (κ1) is 16.6. The third kappa shape index (κ3) is 3.90. The second-order valence-corrected chi connectivity index (χ2v) is 6.06. The van der Waals surface area contributed by atoms with E-state index >= 15 is 0 Å². The lowest BCUT2D eigenvalue weighted by Gasteiger charge is -2.31. The third-order valence-corrected chi connectivity index (χ3v) is 4.53. The molecule has 2 atom stereocenters. The van der Waals surface area contributed by atoms with Gasteiger partial charge in [0.15, 0.2) is 0 Å². The molecule has 0 amide bonds. The number of aliphatic hydroxyl groups excluding tert-OH is 1. The molecule has 0 aliphatic heterocycles. The molecule has 1 fully saturated rings. The van der Waals surface area contributed by atoms with E-state index in [1.54, 1.807) is 0 Å². The SMILES string of the molecule is N[C@@H](c1cc(C(F)(F)F)ccc1Cl)[C@H](O)C1CCCCC1. The van der Waals surface area contributed by atoms with Gasteiger partial charge >= 0.3 is 6.18 Å². The van der Waals surface area contributed by atoms with E-state index in [0.717, 1.165) is 44.2 Å². The smallest absolute Gasteiger partial charge is 0.391 e. The quantitative estimate of drug-likeness (QED) is 0.872. The second-order valence-electron chi connectivity index (χ2n) is 5.65. The van der Waals surface area contributed by atoms with Gasteiger partial charge in [0, 0.05) is 5.02 Å². The summed E-state index contributed by atoms with van der Waals surface area (Å²) in [7, 11) is 0. The van der Waals surface area contributed by atoms with Gasteiger partial charge in [-0.05, 0) is 42.5 Å². The summed E-state index contributed by atoms with van der Waals surface area (Å²) in [5, 5.41) is 10.5. The summed E-state index contributed by atoms with van der Waals surface area (Å²) in [6.45, 7) is 0. The van der Waals surface area contributed by atoms with Gasteiger partial charge in [0.1, 0.15) is 0 Å². The number of nitrogens with two attached hydrogens (primary N) is 1. The van der Waals surface area contributed by atoms with Crippen molar-refractivity contribution >= 4 is 11.6 Å². The first-order chi connectivity index (χ1) is 9.80. The Bertz CT molecular complexity index is 486. The number of hydrogen-bond acceptors (Lipinski definition) is 2. The lowest BCUT2D eigenvalue weighted by Crippen LogP contribution is -2.34. The Morgan fingerprint density at radius 2 is 1.81 bits per heavy atom. The predicted octanol–water partition coefficient (Wildman–Crippen LogP) is 4.30. The molecule has 1 aliphatic carbocycles. The molecular weight excluding hydrogens is 303 g/mol. The molecular formula is C15H19ClF3NO. The minimum atomic E-state index is -4.45. The number of aliphatic hydroxyl groups is 1. The molecule has 2 nitrogen and oxygen atoms in total. The van der Waals surface area contributed by atoms with Gasteiger partial charge in [-0.1, -0.05) is 30.9 Å². The van der Waals surface area contributed by atoms with Gasteiger partial charge in [-0.15, -0.1) is 0 Å². The highest BCUT2D eigenvalue weighted by molar-refractivity contribution is 6.31. The summed E-state index contributed by atoms with van der Waals surface area (Å²) in [6, 6.07) is 2.15. The van der Waals surface area contributed by atoms with Gasteiger partial charge in [0.05, 0.1) is 17.7 Å². The van der Waals surface area contributed by atoms with Crippen LogP contribution in [0.1, 0.15) is 49.3 Å². The molecule has 2 rings (SSSR count). The average molecular weight is 322 g/mol. The topological polar surface area (TPSA) is 46.2 Å². The number of hydrogen-bond donors (Lipinski definition) is 2. The lowest BCUT2D eigenvalue weighted by molar-refractivity contribution is -0.137. The Balaban J connectivity index is 2.23. The minimum absolute atomic E-state index is 0.0272. The minimum Gasteiger partial charge on any atom is -0.391 e. The van der Waals surface area contributed by atoms with Gasteiger partial charge in [-0.2, -0.15) is 13.2 Å². The summed E-state index contributed by atoms with van der Waals surface area (Å²) >= 11 is 5.97. The molecule has 0 unspecified atom stereocenters. The molecule has 118 valence electrons.